The Morgan fingerprint density at radius 2 is 1.82 bits per heavy atom. The van der Waals surface area contributed by atoms with Gasteiger partial charge in [-0.25, -0.2) is 13.5 Å². The van der Waals surface area contributed by atoms with E-state index >= 15 is 0 Å². The Balaban J connectivity index is 1.89. The van der Waals surface area contributed by atoms with Crippen LogP contribution in [0.5, 0.6) is 5.75 Å². The van der Waals surface area contributed by atoms with E-state index in [0.29, 0.717) is 23.1 Å². The van der Waals surface area contributed by atoms with E-state index in [1.54, 1.807) is 30.3 Å². The second-order valence-corrected chi connectivity index (χ2v) is 6.06. The highest BCUT2D eigenvalue weighted by atomic mass is 19.1. The van der Waals surface area contributed by atoms with Gasteiger partial charge in [0.15, 0.2) is 0 Å². The van der Waals surface area contributed by atoms with Gasteiger partial charge < -0.3 is 10.1 Å². The Bertz CT molecular complexity index is 1060. The number of anilines is 1. The first-order chi connectivity index (χ1) is 13.4. The number of carbonyl (C=O) groups excluding carboxylic acids is 1. The van der Waals surface area contributed by atoms with Crippen LogP contribution in [0, 0.1) is 11.6 Å². The molecule has 2 aromatic carbocycles. The summed E-state index contributed by atoms with van der Waals surface area (Å²) in [5, 5.41) is 6.64. The Morgan fingerprint density at radius 3 is 2.50 bits per heavy atom. The number of nitrogens with zero attached hydrogens (tertiary/aromatic N) is 2. The monoisotopic (exact) mass is 385 g/mol. The van der Waals surface area contributed by atoms with Gasteiger partial charge in [-0.05, 0) is 37.3 Å². The fraction of sp³-hybridized carbons (Fsp3) is 0.150. The van der Waals surface area contributed by atoms with Crippen molar-refractivity contribution < 1.29 is 18.3 Å². The molecule has 6 nitrogen and oxygen atoms in total. The van der Waals surface area contributed by atoms with Gasteiger partial charge in [0.25, 0.3) is 5.56 Å². The lowest BCUT2D eigenvalue weighted by Crippen LogP contribution is -2.33. The molecule has 1 atom stereocenters. The first kappa shape index (κ1) is 19.2. The molecule has 0 bridgehead atoms. The van der Waals surface area contributed by atoms with Crippen LogP contribution in [0.25, 0.3) is 11.3 Å². The van der Waals surface area contributed by atoms with E-state index in [1.165, 1.54) is 20.1 Å². The maximum absolute atomic E-state index is 13.3. The van der Waals surface area contributed by atoms with Gasteiger partial charge in [0.2, 0.25) is 5.91 Å². The fourth-order valence-corrected chi connectivity index (χ4v) is 2.62. The average Bonchev–Trinajstić information content (AvgIpc) is 2.67. The molecule has 0 saturated heterocycles. The summed E-state index contributed by atoms with van der Waals surface area (Å²) in [5.74, 6) is -1.66. The van der Waals surface area contributed by atoms with Crippen molar-refractivity contribution in [3.05, 3.63) is 76.6 Å². The van der Waals surface area contributed by atoms with Crippen molar-refractivity contribution in [3.63, 3.8) is 0 Å². The number of aromatic nitrogens is 2. The van der Waals surface area contributed by atoms with E-state index in [4.69, 9.17) is 4.74 Å². The highest BCUT2D eigenvalue weighted by molar-refractivity contribution is 5.93. The number of nitrogens with one attached hydrogen (secondary N) is 1. The lowest BCUT2D eigenvalue weighted by atomic mass is 10.1. The molecule has 0 saturated carbocycles. The molecule has 144 valence electrons. The molecule has 1 aromatic heterocycles. The predicted octanol–water partition coefficient (Wildman–Crippen LogP) is 3.40. The fourth-order valence-electron chi connectivity index (χ4n) is 2.62. The van der Waals surface area contributed by atoms with Crippen molar-refractivity contribution in [3.8, 4) is 17.0 Å². The molecule has 3 aromatic rings. The van der Waals surface area contributed by atoms with Crippen LogP contribution in [-0.4, -0.2) is 22.8 Å². The van der Waals surface area contributed by atoms with Crippen LogP contribution in [-0.2, 0) is 4.79 Å². The molecule has 3 rings (SSSR count). The number of benzene rings is 2. The highest BCUT2D eigenvalue weighted by Gasteiger charge is 2.19. The molecular weight excluding hydrogens is 368 g/mol. The second kappa shape index (κ2) is 7.99. The number of halogens is 2. The van der Waals surface area contributed by atoms with Crippen LogP contribution in [0.2, 0.25) is 0 Å². The summed E-state index contributed by atoms with van der Waals surface area (Å²) in [7, 11) is 1.54. The average molecular weight is 385 g/mol. The number of hydrogen-bond acceptors (Lipinski definition) is 4. The van der Waals surface area contributed by atoms with E-state index in [1.807, 2.05) is 0 Å². The Hall–Kier alpha value is -3.55. The van der Waals surface area contributed by atoms with E-state index in [0.717, 1.165) is 16.8 Å². The van der Waals surface area contributed by atoms with E-state index in [9.17, 15) is 18.4 Å². The number of hydrogen-bond donors (Lipinski definition) is 1. The van der Waals surface area contributed by atoms with E-state index in [2.05, 4.69) is 10.4 Å². The molecule has 1 heterocycles. The SMILES string of the molecule is COc1cccc(-c2ccc(=O)n([C@H](C)C(=O)Nc3cc(F)cc(F)c3)n2)c1. The summed E-state index contributed by atoms with van der Waals surface area (Å²) >= 11 is 0. The lowest BCUT2D eigenvalue weighted by Gasteiger charge is -2.15. The van der Waals surface area contributed by atoms with E-state index < -0.39 is 29.1 Å². The molecule has 1 amide bonds. The summed E-state index contributed by atoms with van der Waals surface area (Å²) in [6, 6.07) is 11.6. The van der Waals surface area contributed by atoms with Crippen LogP contribution in [0.3, 0.4) is 0 Å². The minimum Gasteiger partial charge on any atom is -0.497 e. The lowest BCUT2D eigenvalue weighted by molar-refractivity contribution is -0.119. The van der Waals surface area contributed by atoms with Crippen molar-refractivity contribution in [2.75, 3.05) is 12.4 Å². The number of rotatable bonds is 5. The topological polar surface area (TPSA) is 73.2 Å². The summed E-state index contributed by atoms with van der Waals surface area (Å²) in [6.45, 7) is 1.47. The quantitative estimate of drug-likeness (QED) is 0.731. The number of methoxy groups -OCH3 is 1. The highest BCUT2D eigenvalue weighted by Crippen LogP contribution is 2.22. The van der Waals surface area contributed by atoms with Gasteiger partial charge in [-0.1, -0.05) is 12.1 Å². The second-order valence-electron chi connectivity index (χ2n) is 6.06. The summed E-state index contributed by atoms with van der Waals surface area (Å²) < 4.78 is 32.8. The van der Waals surface area contributed by atoms with Crippen molar-refractivity contribution in [2.45, 2.75) is 13.0 Å². The van der Waals surface area contributed by atoms with Crippen LogP contribution in [0.15, 0.2) is 59.4 Å². The summed E-state index contributed by atoms with van der Waals surface area (Å²) in [4.78, 5) is 24.7. The Morgan fingerprint density at radius 1 is 1.11 bits per heavy atom. The molecule has 8 heteroatoms. The molecule has 1 N–H and O–H groups in total. The zero-order chi connectivity index (χ0) is 20.3. The van der Waals surface area contributed by atoms with Crippen molar-refractivity contribution >= 4 is 11.6 Å². The van der Waals surface area contributed by atoms with Crippen LogP contribution < -0.4 is 15.6 Å². The third-order valence-corrected chi connectivity index (χ3v) is 4.07. The number of ether oxygens (including phenoxy) is 1. The van der Waals surface area contributed by atoms with Gasteiger partial charge >= 0.3 is 0 Å². The Labute approximate surface area is 159 Å². The normalized spacial score (nSPS) is 11.7. The van der Waals surface area contributed by atoms with E-state index in [-0.39, 0.29) is 5.69 Å². The maximum atomic E-state index is 13.3. The molecule has 0 aliphatic heterocycles. The smallest absolute Gasteiger partial charge is 0.267 e. The largest absolute Gasteiger partial charge is 0.497 e. The third kappa shape index (κ3) is 4.22. The molecule has 0 fully saturated rings. The third-order valence-electron chi connectivity index (χ3n) is 4.07. The molecule has 0 spiro atoms. The van der Waals surface area contributed by atoms with Gasteiger partial charge in [-0.15, -0.1) is 0 Å². The molecular formula is C20H17F2N3O3. The predicted molar refractivity (Wildman–Crippen MR) is 100 cm³/mol. The summed E-state index contributed by atoms with van der Waals surface area (Å²) in [6.07, 6.45) is 0. The Kier molecular flexibility index (Phi) is 5.49. The number of amides is 1. The summed E-state index contributed by atoms with van der Waals surface area (Å²) in [5.41, 5.74) is 0.633. The van der Waals surface area contributed by atoms with Crippen LogP contribution in [0.1, 0.15) is 13.0 Å². The standard InChI is InChI=1S/C20H17F2N3O3/c1-12(20(27)23-16-10-14(21)9-15(22)11-16)25-19(26)7-6-18(24-25)13-4-3-5-17(8-13)28-2/h3-12H,1-2H3,(H,23,27)/t12-/m1/s1. The zero-order valence-corrected chi connectivity index (χ0v) is 15.1. The van der Waals surface area contributed by atoms with Gasteiger partial charge in [-0.3, -0.25) is 9.59 Å². The van der Waals surface area contributed by atoms with Crippen LogP contribution in [0.4, 0.5) is 14.5 Å². The first-order valence-corrected chi connectivity index (χ1v) is 8.38. The molecule has 28 heavy (non-hydrogen) atoms. The van der Waals surface area contributed by atoms with Crippen molar-refractivity contribution in [1.82, 2.24) is 9.78 Å². The molecule has 0 aliphatic carbocycles. The minimum atomic E-state index is -1.01. The van der Waals surface area contributed by atoms with Gasteiger partial charge in [0, 0.05) is 23.4 Å². The van der Waals surface area contributed by atoms with Crippen LogP contribution >= 0.6 is 0 Å². The minimum absolute atomic E-state index is 0.0497. The first-order valence-electron chi connectivity index (χ1n) is 8.38. The van der Waals surface area contributed by atoms with Crippen molar-refractivity contribution in [2.24, 2.45) is 0 Å². The van der Waals surface area contributed by atoms with Gasteiger partial charge in [0.1, 0.15) is 23.4 Å². The molecule has 0 radical (unpaired) electrons. The molecule has 0 aliphatic rings. The number of carbonyl (C=O) groups is 1. The zero-order valence-electron chi connectivity index (χ0n) is 15.1. The van der Waals surface area contributed by atoms with Gasteiger partial charge in [0.05, 0.1) is 12.8 Å². The van der Waals surface area contributed by atoms with Gasteiger partial charge in [-0.2, -0.15) is 5.10 Å². The van der Waals surface area contributed by atoms with Crippen molar-refractivity contribution in [1.29, 1.82) is 0 Å². The maximum Gasteiger partial charge on any atom is 0.267 e. The molecule has 0 unspecified atom stereocenters.